The minimum atomic E-state index is -0.359. The molecule has 0 atom stereocenters. The van der Waals surface area contributed by atoms with E-state index in [9.17, 15) is 9.90 Å². The maximum absolute atomic E-state index is 11.4. The predicted octanol–water partition coefficient (Wildman–Crippen LogP) is 2.97. The van der Waals surface area contributed by atoms with Crippen molar-refractivity contribution in [1.82, 2.24) is 9.80 Å². The number of hydrogen-bond acceptors (Lipinski definition) is 4. The van der Waals surface area contributed by atoms with Crippen LogP contribution in [-0.4, -0.2) is 54.5 Å². The topological polar surface area (TPSA) is 69.8 Å². The number of amides is 1. The zero-order valence-electron chi connectivity index (χ0n) is 16.9. The van der Waals surface area contributed by atoms with Crippen LogP contribution in [0.2, 0.25) is 0 Å². The van der Waals surface area contributed by atoms with E-state index < -0.39 is 0 Å². The van der Waals surface area contributed by atoms with Crippen LogP contribution in [0.15, 0.2) is 42.5 Å². The van der Waals surface area contributed by atoms with Gasteiger partial charge in [-0.1, -0.05) is 24.3 Å². The Morgan fingerprint density at radius 1 is 1.18 bits per heavy atom. The smallest absolute Gasteiger partial charge is 0.248 e. The fourth-order valence-electron chi connectivity index (χ4n) is 3.98. The van der Waals surface area contributed by atoms with E-state index in [1.165, 1.54) is 11.1 Å². The largest absolute Gasteiger partial charge is 0.508 e. The number of aromatic hydroxyl groups is 1. The number of likely N-dealkylation sites (tertiary alicyclic amines) is 1. The van der Waals surface area contributed by atoms with Gasteiger partial charge in [0.2, 0.25) is 5.91 Å². The van der Waals surface area contributed by atoms with Gasteiger partial charge in [-0.15, -0.1) is 0 Å². The summed E-state index contributed by atoms with van der Waals surface area (Å²) in [4.78, 5) is 16.0. The number of primary amides is 1. The Morgan fingerprint density at radius 3 is 2.61 bits per heavy atom. The highest BCUT2D eigenvalue weighted by molar-refractivity contribution is 5.92. The third-order valence-electron chi connectivity index (χ3n) is 5.58. The summed E-state index contributed by atoms with van der Waals surface area (Å²) >= 11 is 0. The highest BCUT2D eigenvalue weighted by atomic mass is 16.3. The Morgan fingerprint density at radius 2 is 1.93 bits per heavy atom. The fraction of sp³-hybridized carbons (Fsp3) is 0.435. The van der Waals surface area contributed by atoms with E-state index in [0.29, 0.717) is 17.2 Å². The van der Waals surface area contributed by atoms with Gasteiger partial charge < -0.3 is 20.6 Å². The number of phenols is 1. The molecule has 3 N–H and O–H groups in total. The SMILES string of the molecule is CN(C)Cc1cc(CCN2CCC(c3cccc(C(N)=O)c3)CC2)ccc1O. The van der Waals surface area contributed by atoms with Gasteiger partial charge in [-0.25, -0.2) is 0 Å². The van der Waals surface area contributed by atoms with Crippen molar-refractivity contribution in [2.75, 3.05) is 33.7 Å². The summed E-state index contributed by atoms with van der Waals surface area (Å²) in [6.07, 6.45) is 3.19. The number of phenolic OH excluding ortho intramolecular Hbond substituents is 1. The van der Waals surface area contributed by atoms with E-state index in [1.54, 1.807) is 6.07 Å². The molecule has 1 fully saturated rings. The third kappa shape index (κ3) is 5.33. The molecule has 2 aromatic rings. The van der Waals surface area contributed by atoms with E-state index >= 15 is 0 Å². The van der Waals surface area contributed by atoms with Gasteiger partial charge in [-0.3, -0.25) is 4.79 Å². The molecule has 0 aromatic heterocycles. The average Bonchev–Trinajstić information content (AvgIpc) is 2.68. The van der Waals surface area contributed by atoms with Gasteiger partial charge in [0.15, 0.2) is 0 Å². The standard InChI is InChI=1S/C23H31N3O2/c1-25(2)16-21-14-17(6-7-22(21)27)8-11-26-12-9-18(10-13-26)19-4-3-5-20(15-19)23(24)28/h3-7,14-15,18,27H,8-13,16H2,1-2H3,(H2,24,28). The Labute approximate surface area is 167 Å². The van der Waals surface area contributed by atoms with Crippen molar-refractivity contribution in [2.45, 2.75) is 31.7 Å². The van der Waals surface area contributed by atoms with Crippen LogP contribution in [0.5, 0.6) is 5.75 Å². The first-order chi connectivity index (χ1) is 13.4. The maximum atomic E-state index is 11.4. The molecule has 28 heavy (non-hydrogen) atoms. The maximum Gasteiger partial charge on any atom is 0.248 e. The third-order valence-corrected chi connectivity index (χ3v) is 5.58. The van der Waals surface area contributed by atoms with Crippen molar-refractivity contribution in [1.29, 1.82) is 0 Å². The Bertz CT molecular complexity index is 811. The summed E-state index contributed by atoms with van der Waals surface area (Å²) in [6.45, 7) is 3.90. The first-order valence-electron chi connectivity index (χ1n) is 10.00. The van der Waals surface area contributed by atoms with Crippen LogP contribution >= 0.6 is 0 Å². The molecule has 1 saturated heterocycles. The van der Waals surface area contributed by atoms with Gasteiger partial charge in [-0.05, 0) is 81.7 Å². The molecule has 2 aromatic carbocycles. The molecular formula is C23H31N3O2. The molecular weight excluding hydrogens is 350 g/mol. The van der Waals surface area contributed by atoms with Gasteiger partial charge in [0.05, 0.1) is 0 Å². The first kappa shape index (κ1) is 20.4. The highest BCUT2D eigenvalue weighted by Crippen LogP contribution is 2.29. The molecule has 5 heteroatoms. The molecule has 0 spiro atoms. The van der Waals surface area contributed by atoms with Crippen LogP contribution in [0.1, 0.15) is 45.8 Å². The summed E-state index contributed by atoms with van der Waals surface area (Å²) < 4.78 is 0. The van der Waals surface area contributed by atoms with Gasteiger partial charge in [0.1, 0.15) is 5.75 Å². The number of nitrogens with two attached hydrogens (primary N) is 1. The van der Waals surface area contributed by atoms with Crippen molar-refractivity contribution in [3.05, 3.63) is 64.7 Å². The monoisotopic (exact) mass is 381 g/mol. The van der Waals surface area contributed by atoms with E-state index in [-0.39, 0.29) is 5.91 Å². The lowest BCUT2D eigenvalue weighted by Crippen LogP contribution is -2.34. The van der Waals surface area contributed by atoms with Crippen LogP contribution in [0.4, 0.5) is 0 Å². The second kappa shape index (κ2) is 9.22. The lowest BCUT2D eigenvalue weighted by Gasteiger charge is -2.32. The van der Waals surface area contributed by atoms with Crippen LogP contribution < -0.4 is 5.73 Å². The van der Waals surface area contributed by atoms with Crippen molar-refractivity contribution >= 4 is 5.91 Å². The number of rotatable bonds is 7. The van der Waals surface area contributed by atoms with Crippen LogP contribution in [0, 0.1) is 0 Å². The Balaban J connectivity index is 1.52. The van der Waals surface area contributed by atoms with E-state index in [0.717, 1.165) is 51.0 Å². The molecule has 0 aliphatic carbocycles. The van der Waals surface area contributed by atoms with Crippen LogP contribution in [0.3, 0.4) is 0 Å². The molecule has 0 saturated carbocycles. The molecule has 5 nitrogen and oxygen atoms in total. The molecule has 1 aliphatic heterocycles. The molecule has 0 bridgehead atoms. The van der Waals surface area contributed by atoms with Crippen molar-refractivity contribution < 1.29 is 9.90 Å². The second-order valence-corrected chi connectivity index (χ2v) is 8.06. The Hall–Kier alpha value is -2.37. The summed E-state index contributed by atoms with van der Waals surface area (Å²) in [5.74, 6) is 0.509. The van der Waals surface area contributed by atoms with E-state index in [2.05, 4.69) is 21.9 Å². The zero-order valence-corrected chi connectivity index (χ0v) is 16.9. The number of carbonyl (C=O) groups excluding carboxylic acids is 1. The van der Waals surface area contributed by atoms with Crippen molar-refractivity contribution in [3.8, 4) is 5.75 Å². The quantitative estimate of drug-likeness (QED) is 0.774. The number of hydrogen-bond donors (Lipinski definition) is 2. The Kier molecular flexibility index (Phi) is 6.70. The second-order valence-electron chi connectivity index (χ2n) is 8.06. The van der Waals surface area contributed by atoms with Gasteiger partial charge in [0, 0.05) is 24.2 Å². The van der Waals surface area contributed by atoms with Crippen LogP contribution in [0.25, 0.3) is 0 Å². The molecule has 1 heterocycles. The predicted molar refractivity (Wildman–Crippen MR) is 113 cm³/mol. The van der Waals surface area contributed by atoms with E-state index in [4.69, 9.17) is 5.73 Å². The average molecular weight is 382 g/mol. The lowest BCUT2D eigenvalue weighted by molar-refractivity contribution is 0.1000. The zero-order chi connectivity index (χ0) is 20.1. The molecule has 150 valence electrons. The lowest BCUT2D eigenvalue weighted by atomic mass is 9.88. The fourth-order valence-corrected chi connectivity index (χ4v) is 3.98. The molecule has 0 unspecified atom stereocenters. The molecule has 1 amide bonds. The molecule has 3 rings (SSSR count). The van der Waals surface area contributed by atoms with Crippen molar-refractivity contribution in [2.24, 2.45) is 5.73 Å². The number of nitrogens with zero attached hydrogens (tertiary/aromatic N) is 2. The summed E-state index contributed by atoms with van der Waals surface area (Å²) in [6, 6.07) is 13.7. The highest BCUT2D eigenvalue weighted by Gasteiger charge is 2.21. The van der Waals surface area contributed by atoms with Gasteiger partial charge in [0.25, 0.3) is 0 Å². The van der Waals surface area contributed by atoms with E-state index in [1.807, 2.05) is 38.4 Å². The summed E-state index contributed by atoms with van der Waals surface area (Å²) in [5, 5.41) is 10.0. The number of benzene rings is 2. The number of carbonyl (C=O) groups is 1. The van der Waals surface area contributed by atoms with Crippen molar-refractivity contribution in [3.63, 3.8) is 0 Å². The summed E-state index contributed by atoms with van der Waals surface area (Å²) in [5.41, 5.74) is 9.48. The minimum Gasteiger partial charge on any atom is -0.508 e. The van der Waals surface area contributed by atoms with Crippen LogP contribution in [-0.2, 0) is 13.0 Å². The van der Waals surface area contributed by atoms with Gasteiger partial charge >= 0.3 is 0 Å². The minimum absolute atomic E-state index is 0.359. The first-order valence-corrected chi connectivity index (χ1v) is 10.00. The summed E-state index contributed by atoms with van der Waals surface area (Å²) in [7, 11) is 4.02. The van der Waals surface area contributed by atoms with Gasteiger partial charge in [-0.2, -0.15) is 0 Å². The molecule has 1 aliphatic rings. The normalized spacial score (nSPS) is 15.8. The number of piperidine rings is 1. The molecule has 0 radical (unpaired) electrons.